The van der Waals surface area contributed by atoms with Crippen molar-refractivity contribution in [3.8, 4) is 0 Å². The standard InChI is InChI=1S/C14H24N2O3/c1-9-8-15(4)6-5-7-16(9)12(17)10-11(13(18)19)14(10,2)3/h9-11H,5-8H2,1-4H3,(H,18,19)/t9?,10-,11+/m1/s1. The van der Waals surface area contributed by atoms with Crippen LogP contribution in [0.3, 0.4) is 0 Å². The average molecular weight is 268 g/mol. The maximum Gasteiger partial charge on any atom is 0.307 e. The minimum absolute atomic E-state index is 0.0280. The molecule has 1 aliphatic heterocycles. The predicted molar refractivity (Wildman–Crippen MR) is 71.7 cm³/mol. The Balaban J connectivity index is 2.10. The molecule has 19 heavy (non-hydrogen) atoms. The molecule has 0 spiro atoms. The fraction of sp³-hybridized carbons (Fsp3) is 0.857. The molecular weight excluding hydrogens is 244 g/mol. The second-order valence-electron chi connectivity index (χ2n) is 6.61. The molecule has 0 aromatic rings. The van der Waals surface area contributed by atoms with Gasteiger partial charge in [0, 0.05) is 19.1 Å². The van der Waals surface area contributed by atoms with Crippen molar-refractivity contribution in [1.82, 2.24) is 9.80 Å². The van der Waals surface area contributed by atoms with Gasteiger partial charge in [0.1, 0.15) is 0 Å². The van der Waals surface area contributed by atoms with Gasteiger partial charge in [-0.2, -0.15) is 0 Å². The van der Waals surface area contributed by atoms with Crippen LogP contribution in [0.1, 0.15) is 27.2 Å². The lowest BCUT2D eigenvalue weighted by Crippen LogP contribution is -2.43. The van der Waals surface area contributed by atoms with E-state index in [2.05, 4.69) is 11.9 Å². The number of likely N-dealkylation sites (N-methyl/N-ethyl adjacent to an activating group) is 1. The molecule has 2 rings (SSSR count). The van der Waals surface area contributed by atoms with E-state index in [0.717, 1.165) is 26.1 Å². The monoisotopic (exact) mass is 268 g/mol. The maximum atomic E-state index is 12.6. The first-order valence-corrected chi connectivity index (χ1v) is 6.98. The minimum Gasteiger partial charge on any atom is -0.481 e. The van der Waals surface area contributed by atoms with Crippen molar-refractivity contribution in [2.45, 2.75) is 33.2 Å². The van der Waals surface area contributed by atoms with Gasteiger partial charge in [0.2, 0.25) is 5.91 Å². The topological polar surface area (TPSA) is 60.9 Å². The lowest BCUT2D eigenvalue weighted by molar-refractivity contribution is -0.142. The predicted octanol–water partition coefficient (Wildman–Crippen LogP) is 0.896. The molecule has 0 radical (unpaired) electrons. The molecule has 1 aliphatic carbocycles. The molecule has 1 N–H and O–H groups in total. The van der Waals surface area contributed by atoms with Crippen molar-refractivity contribution in [2.24, 2.45) is 17.3 Å². The van der Waals surface area contributed by atoms with Crippen LogP contribution in [0.25, 0.3) is 0 Å². The zero-order valence-electron chi connectivity index (χ0n) is 12.2. The summed E-state index contributed by atoms with van der Waals surface area (Å²) in [5.74, 6) is -1.69. The Bertz CT molecular complexity index is 394. The summed E-state index contributed by atoms with van der Waals surface area (Å²) in [6.07, 6.45) is 0.956. The Kier molecular flexibility index (Phi) is 3.60. The van der Waals surface area contributed by atoms with Gasteiger partial charge < -0.3 is 14.9 Å². The highest BCUT2D eigenvalue weighted by Crippen LogP contribution is 2.59. The number of hydrogen-bond donors (Lipinski definition) is 1. The van der Waals surface area contributed by atoms with E-state index in [9.17, 15) is 14.7 Å². The Morgan fingerprint density at radius 2 is 1.84 bits per heavy atom. The Morgan fingerprint density at radius 3 is 2.37 bits per heavy atom. The number of nitrogens with zero attached hydrogens (tertiary/aromatic N) is 2. The van der Waals surface area contributed by atoms with Crippen LogP contribution in [0, 0.1) is 17.3 Å². The Labute approximate surface area is 114 Å². The number of amides is 1. The van der Waals surface area contributed by atoms with Gasteiger partial charge in [-0.25, -0.2) is 0 Å². The molecule has 108 valence electrons. The summed E-state index contributed by atoms with van der Waals surface area (Å²) in [7, 11) is 2.06. The van der Waals surface area contributed by atoms with Crippen LogP contribution in [0.2, 0.25) is 0 Å². The van der Waals surface area contributed by atoms with Crippen LogP contribution >= 0.6 is 0 Å². The second-order valence-corrected chi connectivity index (χ2v) is 6.61. The molecular formula is C14H24N2O3. The molecule has 1 saturated carbocycles. The molecule has 1 unspecified atom stereocenters. The number of carbonyl (C=O) groups excluding carboxylic acids is 1. The third kappa shape index (κ3) is 2.48. The number of hydrogen-bond acceptors (Lipinski definition) is 3. The number of rotatable bonds is 2. The zero-order chi connectivity index (χ0) is 14.4. The van der Waals surface area contributed by atoms with E-state index in [1.165, 1.54) is 0 Å². The number of carboxylic acids is 1. The van der Waals surface area contributed by atoms with Gasteiger partial charge in [0.25, 0.3) is 0 Å². The van der Waals surface area contributed by atoms with Crippen molar-refractivity contribution in [3.05, 3.63) is 0 Å². The molecule has 2 aliphatic rings. The summed E-state index contributed by atoms with van der Waals surface area (Å²) in [6, 6.07) is 0.158. The van der Waals surface area contributed by atoms with E-state index in [1.807, 2.05) is 25.7 Å². The SMILES string of the molecule is CC1CN(C)CCCN1C(=O)[C@H]1[C@@H](C(=O)O)C1(C)C. The summed E-state index contributed by atoms with van der Waals surface area (Å²) < 4.78 is 0. The van der Waals surface area contributed by atoms with E-state index in [4.69, 9.17) is 0 Å². The van der Waals surface area contributed by atoms with Crippen molar-refractivity contribution >= 4 is 11.9 Å². The van der Waals surface area contributed by atoms with Crippen LogP contribution in [0.5, 0.6) is 0 Å². The fourth-order valence-corrected chi connectivity index (χ4v) is 3.44. The minimum atomic E-state index is -0.844. The molecule has 1 heterocycles. The third-order valence-electron chi connectivity index (χ3n) is 4.69. The van der Waals surface area contributed by atoms with E-state index in [-0.39, 0.29) is 17.9 Å². The van der Waals surface area contributed by atoms with Gasteiger partial charge in [0.15, 0.2) is 0 Å². The van der Waals surface area contributed by atoms with Gasteiger partial charge in [-0.1, -0.05) is 13.8 Å². The molecule has 5 heteroatoms. The Morgan fingerprint density at radius 1 is 1.21 bits per heavy atom. The first-order valence-electron chi connectivity index (χ1n) is 6.98. The van der Waals surface area contributed by atoms with Crippen molar-refractivity contribution < 1.29 is 14.7 Å². The summed E-state index contributed by atoms with van der Waals surface area (Å²) in [6.45, 7) is 8.39. The van der Waals surface area contributed by atoms with Crippen molar-refractivity contribution in [2.75, 3.05) is 26.7 Å². The molecule has 0 aromatic carbocycles. The first kappa shape index (κ1) is 14.3. The fourth-order valence-electron chi connectivity index (χ4n) is 3.44. The highest BCUT2D eigenvalue weighted by Gasteiger charge is 2.66. The molecule has 1 amide bonds. The van der Waals surface area contributed by atoms with Gasteiger partial charge in [-0.05, 0) is 32.4 Å². The normalized spacial score (nSPS) is 34.7. The van der Waals surface area contributed by atoms with E-state index in [1.54, 1.807) is 0 Å². The van der Waals surface area contributed by atoms with Crippen LogP contribution in [-0.2, 0) is 9.59 Å². The molecule has 3 atom stereocenters. The molecule has 1 saturated heterocycles. The third-order valence-corrected chi connectivity index (χ3v) is 4.69. The van der Waals surface area contributed by atoms with Gasteiger partial charge >= 0.3 is 5.97 Å². The lowest BCUT2D eigenvalue weighted by atomic mass is 10.1. The van der Waals surface area contributed by atoms with Crippen molar-refractivity contribution in [1.29, 1.82) is 0 Å². The highest BCUT2D eigenvalue weighted by molar-refractivity contribution is 5.91. The van der Waals surface area contributed by atoms with Gasteiger partial charge in [-0.3, -0.25) is 9.59 Å². The molecule has 0 bridgehead atoms. The Hall–Kier alpha value is -1.10. The summed E-state index contributed by atoms with van der Waals surface area (Å²) in [4.78, 5) is 27.9. The van der Waals surface area contributed by atoms with Gasteiger partial charge in [0.05, 0.1) is 11.8 Å². The summed E-state index contributed by atoms with van der Waals surface area (Å²) in [5.41, 5.74) is -0.402. The summed E-state index contributed by atoms with van der Waals surface area (Å²) >= 11 is 0. The van der Waals surface area contributed by atoms with Gasteiger partial charge in [-0.15, -0.1) is 0 Å². The zero-order valence-corrected chi connectivity index (χ0v) is 12.2. The largest absolute Gasteiger partial charge is 0.481 e. The molecule has 0 aromatic heterocycles. The smallest absolute Gasteiger partial charge is 0.307 e. The second kappa shape index (κ2) is 4.78. The number of carbonyl (C=O) groups is 2. The molecule has 5 nitrogen and oxygen atoms in total. The van der Waals surface area contributed by atoms with Crippen LogP contribution in [-0.4, -0.2) is 59.5 Å². The van der Waals surface area contributed by atoms with Crippen LogP contribution < -0.4 is 0 Å². The lowest BCUT2D eigenvalue weighted by Gasteiger charge is -2.28. The van der Waals surface area contributed by atoms with E-state index >= 15 is 0 Å². The quantitative estimate of drug-likeness (QED) is 0.808. The van der Waals surface area contributed by atoms with Crippen molar-refractivity contribution in [3.63, 3.8) is 0 Å². The van der Waals surface area contributed by atoms with E-state index in [0.29, 0.717) is 0 Å². The van der Waals surface area contributed by atoms with E-state index < -0.39 is 17.3 Å². The number of aliphatic carboxylic acids is 1. The maximum absolute atomic E-state index is 12.6. The average Bonchev–Trinajstić information content (AvgIpc) is 2.90. The van der Waals surface area contributed by atoms with Crippen LogP contribution in [0.4, 0.5) is 0 Å². The number of carboxylic acid groups (broad SMARTS) is 1. The van der Waals surface area contributed by atoms with Crippen LogP contribution in [0.15, 0.2) is 0 Å². The first-order chi connectivity index (χ1) is 8.76. The molecule has 2 fully saturated rings. The highest BCUT2D eigenvalue weighted by atomic mass is 16.4. The summed E-state index contributed by atoms with van der Waals surface area (Å²) in [5, 5.41) is 9.19.